The van der Waals surface area contributed by atoms with Crippen molar-refractivity contribution in [3.05, 3.63) is 0 Å². The van der Waals surface area contributed by atoms with Gasteiger partial charge in [-0.15, -0.1) is 0 Å². The van der Waals surface area contributed by atoms with Crippen LogP contribution in [0.15, 0.2) is 0 Å². The number of rotatable bonds is 13. The average molecular weight is 627 g/mol. The summed E-state index contributed by atoms with van der Waals surface area (Å²) in [6, 6.07) is -3.37. The second-order valence-electron chi connectivity index (χ2n) is 11.5. The molecule has 2 saturated heterocycles. The number of carbonyl (C=O) groups excluding carboxylic acids is 1. The fourth-order valence-electron chi connectivity index (χ4n) is 5.94. The molecule has 0 aromatic heterocycles. The number of nitrogens with one attached hydrogen (secondary N) is 2. The molecule has 1 amide bonds. The Morgan fingerprint density at radius 1 is 0.907 bits per heavy atom. The van der Waals surface area contributed by atoms with Crippen LogP contribution in [0.1, 0.15) is 19.3 Å². The molecular weight excluding hydrogens is 576 g/mol. The molecule has 0 aromatic carbocycles. The first-order valence-electron chi connectivity index (χ1n) is 14.6. The number of nitrogens with two attached hydrogens (primary N) is 4. The van der Waals surface area contributed by atoms with E-state index in [-0.39, 0.29) is 25.9 Å². The Morgan fingerprint density at radius 3 is 2.23 bits per heavy atom. The molecule has 18 nitrogen and oxygen atoms in total. The Morgan fingerprint density at radius 2 is 1.60 bits per heavy atom. The first kappa shape index (κ1) is 36.3. The maximum atomic E-state index is 12.7. The maximum Gasteiger partial charge on any atom is 0.249 e. The van der Waals surface area contributed by atoms with Gasteiger partial charge in [-0.3, -0.25) is 4.79 Å². The molecule has 18 heteroatoms. The van der Waals surface area contributed by atoms with Crippen molar-refractivity contribution in [2.24, 2.45) is 28.9 Å². The molecular formula is C25H50N6O12. The van der Waals surface area contributed by atoms with Crippen molar-refractivity contribution in [2.75, 3.05) is 32.8 Å². The molecule has 3 rings (SSSR count). The molecule has 252 valence electrons. The Labute approximate surface area is 249 Å². The zero-order valence-electron chi connectivity index (χ0n) is 23.9. The summed E-state index contributed by atoms with van der Waals surface area (Å²) in [6.07, 6.45) is -17.1. The van der Waals surface area contributed by atoms with Crippen LogP contribution in [0.2, 0.25) is 0 Å². The van der Waals surface area contributed by atoms with Gasteiger partial charge < -0.3 is 88.6 Å². The Bertz CT molecular complexity index is 866. The number of aliphatic hydroxyl groups excluding tert-OH is 8. The third-order valence-electron chi connectivity index (χ3n) is 8.48. The average Bonchev–Trinajstić information content (AvgIpc) is 2.97. The quantitative estimate of drug-likeness (QED) is 0.0843. The Balaban J connectivity index is 1.88. The summed E-state index contributed by atoms with van der Waals surface area (Å²) in [5, 5.41) is 90.1. The van der Waals surface area contributed by atoms with E-state index >= 15 is 0 Å². The molecule has 1 aliphatic carbocycles. The van der Waals surface area contributed by atoms with Crippen LogP contribution >= 0.6 is 0 Å². The summed E-state index contributed by atoms with van der Waals surface area (Å²) in [5.41, 5.74) is 23.3. The van der Waals surface area contributed by atoms with E-state index in [1.54, 1.807) is 0 Å². The van der Waals surface area contributed by atoms with Crippen LogP contribution in [0.4, 0.5) is 0 Å². The topological polar surface area (TPSA) is 335 Å². The van der Waals surface area contributed by atoms with Crippen LogP contribution < -0.4 is 33.6 Å². The lowest BCUT2D eigenvalue weighted by molar-refractivity contribution is -0.310. The van der Waals surface area contributed by atoms with E-state index in [1.165, 1.54) is 0 Å². The van der Waals surface area contributed by atoms with Crippen LogP contribution in [-0.2, 0) is 19.0 Å². The fourth-order valence-corrected chi connectivity index (χ4v) is 5.94. The van der Waals surface area contributed by atoms with E-state index in [9.17, 15) is 45.6 Å². The first-order chi connectivity index (χ1) is 20.4. The minimum absolute atomic E-state index is 0.0155. The molecule has 16 atom stereocenters. The standard InChI is InChI=1S/C25H50N6O12/c26-3-1-5-30-7-12-17(35)20(38)21(39)23(41-12)14-9(28)6-10(31-24(40)11(33)2-4-27)22(18(14)36)43-25-19(37)15(29)16(34)13(8-32)42-25/h9-23,25,30,32-39H,1-8,26-29H2,(H,31,40)/t9-,10+,11-,12+,13+,14?,15-,16+,17+,18-,19+,20-,21+,22-,23+,25+/m0/s1. The summed E-state index contributed by atoms with van der Waals surface area (Å²) in [6.45, 7) is 0.361. The van der Waals surface area contributed by atoms with Gasteiger partial charge in [-0.05, 0) is 38.9 Å². The molecule has 0 spiro atoms. The minimum Gasteiger partial charge on any atom is -0.394 e. The van der Waals surface area contributed by atoms with E-state index in [2.05, 4.69) is 10.6 Å². The number of hydrogen-bond acceptors (Lipinski definition) is 17. The van der Waals surface area contributed by atoms with E-state index in [0.717, 1.165) is 0 Å². The summed E-state index contributed by atoms with van der Waals surface area (Å²) < 4.78 is 17.5. The lowest BCUT2D eigenvalue weighted by Crippen LogP contribution is -2.71. The van der Waals surface area contributed by atoms with Gasteiger partial charge >= 0.3 is 0 Å². The van der Waals surface area contributed by atoms with Crippen LogP contribution in [-0.4, -0.2) is 171 Å². The molecule has 3 aliphatic rings. The van der Waals surface area contributed by atoms with Gasteiger partial charge in [0, 0.05) is 18.5 Å². The highest BCUT2D eigenvalue weighted by Crippen LogP contribution is 2.37. The van der Waals surface area contributed by atoms with Gasteiger partial charge in [0.1, 0.15) is 48.8 Å². The van der Waals surface area contributed by atoms with Crippen LogP contribution in [0.3, 0.4) is 0 Å². The third kappa shape index (κ3) is 8.36. The van der Waals surface area contributed by atoms with Gasteiger partial charge in [-0.2, -0.15) is 0 Å². The van der Waals surface area contributed by atoms with Crippen LogP contribution in [0.25, 0.3) is 0 Å². The number of hydrogen-bond donors (Lipinski definition) is 14. The van der Waals surface area contributed by atoms with Gasteiger partial charge in [0.15, 0.2) is 6.29 Å². The lowest BCUT2D eigenvalue weighted by atomic mass is 9.72. The van der Waals surface area contributed by atoms with Gasteiger partial charge in [-0.25, -0.2) is 0 Å². The van der Waals surface area contributed by atoms with Crippen molar-refractivity contribution in [3.8, 4) is 0 Å². The molecule has 1 saturated carbocycles. The fraction of sp³-hybridized carbons (Fsp3) is 0.960. The molecule has 18 N–H and O–H groups in total. The number of aliphatic hydroxyl groups is 8. The van der Waals surface area contributed by atoms with Crippen LogP contribution in [0.5, 0.6) is 0 Å². The molecule has 1 unspecified atom stereocenters. The highest BCUT2D eigenvalue weighted by molar-refractivity contribution is 5.80. The number of carbonyl (C=O) groups is 1. The van der Waals surface area contributed by atoms with Gasteiger partial charge in [-0.1, -0.05) is 0 Å². The summed E-state index contributed by atoms with van der Waals surface area (Å²) in [4.78, 5) is 12.7. The first-order valence-corrected chi connectivity index (χ1v) is 14.6. The zero-order chi connectivity index (χ0) is 32.0. The van der Waals surface area contributed by atoms with E-state index < -0.39 is 110 Å². The number of amides is 1. The highest BCUT2D eigenvalue weighted by atomic mass is 16.7. The summed E-state index contributed by atoms with van der Waals surface area (Å²) in [7, 11) is 0. The van der Waals surface area contributed by atoms with Crippen LogP contribution in [0, 0.1) is 5.92 Å². The predicted octanol–water partition coefficient (Wildman–Crippen LogP) is -8.17. The van der Waals surface area contributed by atoms with Gasteiger partial charge in [0.2, 0.25) is 5.91 Å². The SMILES string of the molecule is NCCCNC[C@H]1O[C@H](C2[C@@H](N)C[C@@H](NC(=O)[C@@H](O)CCN)[C@H](O[C@H]3O[C@H](CO)[C@@H](O)[C@H](N)[C@H]3O)[C@H]2O)[C@H](O)[C@@H](O)[C@@H]1O. The minimum atomic E-state index is -1.68. The molecule has 0 aromatic rings. The Hall–Kier alpha value is -1.17. The van der Waals surface area contributed by atoms with Gasteiger partial charge in [0.25, 0.3) is 0 Å². The van der Waals surface area contributed by atoms with Crippen molar-refractivity contribution < 1.29 is 59.9 Å². The highest BCUT2D eigenvalue weighted by Gasteiger charge is 2.55. The van der Waals surface area contributed by atoms with E-state index in [1.807, 2.05) is 0 Å². The van der Waals surface area contributed by atoms with Gasteiger partial charge in [0.05, 0.1) is 37.0 Å². The smallest absolute Gasteiger partial charge is 0.249 e. The normalized spacial score (nSPS) is 44.6. The van der Waals surface area contributed by atoms with Crippen molar-refractivity contribution in [2.45, 2.75) is 111 Å². The zero-order valence-corrected chi connectivity index (χ0v) is 23.9. The van der Waals surface area contributed by atoms with Crippen molar-refractivity contribution >= 4 is 5.91 Å². The lowest BCUT2D eigenvalue weighted by Gasteiger charge is -2.52. The molecule has 2 heterocycles. The summed E-state index contributed by atoms with van der Waals surface area (Å²) >= 11 is 0. The Kier molecular flexibility index (Phi) is 13.9. The molecule has 43 heavy (non-hydrogen) atoms. The molecule has 2 aliphatic heterocycles. The van der Waals surface area contributed by atoms with Crippen molar-refractivity contribution in [3.63, 3.8) is 0 Å². The molecule has 0 radical (unpaired) electrons. The van der Waals surface area contributed by atoms with E-state index in [4.69, 9.17) is 37.1 Å². The van der Waals surface area contributed by atoms with E-state index in [0.29, 0.717) is 19.5 Å². The maximum absolute atomic E-state index is 12.7. The summed E-state index contributed by atoms with van der Waals surface area (Å²) in [5.74, 6) is -1.98. The third-order valence-corrected chi connectivity index (χ3v) is 8.48. The predicted molar refractivity (Wildman–Crippen MR) is 148 cm³/mol. The van der Waals surface area contributed by atoms with Crippen molar-refractivity contribution in [1.82, 2.24) is 10.6 Å². The largest absolute Gasteiger partial charge is 0.394 e. The second kappa shape index (κ2) is 16.4. The number of ether oxygens (including phenoxy) is 3. The van der Waals surface area contributed by atoms with Crippen molar-refractivity contribution in [1.29, 1.82) is 0 Å². The second-order valence-corrected chi connectivity index (χ2v) is 11.5. The molecule has 0 bridgehead atoms. The molecule has 3 fully saturated rings. The monoisotopic (exact) mass is 626 g/mol.